The van der Waals surface area contributed by atoms with Crippen LogP contribution in [0.2, 0.25) is 0 Å². The van der Waals surface area contributed by atoms with E-state index in [0.29, 0.717) is 5.57 Å². The van der Waals surface area contributed by atoms with Crippen LogP contribution in [0.1, 0.15) is 20.3 Å². The van der Waals surface area contributed by atoms with Crippen molar-refractivity contribution in [3.63, 3.8) is 0 Å². The van der Waals surface area contributed by atoms with Gasteiger partial charge in [0.05, 0.1) is 29.8 Å². The number of nitriles is 4. The van der Waals surface area contributed by atoms with E-state index in [9.17, 15) is 25.8 Å². The fourth-order valence-electron chi connectivity index (χ4n) is 3.66. The van der Waals surface area contributed by atoms with Gasteiger partial charge in [0.2, 0.25) is 11.3 Å². The van der Waals surface area contributed by atoms with Crippen molar-refractivity contribution in [2.24, 2.45) is 16.7 Å². The van der Waals surface area contributed by atoms with E-state index in [1.54, 1.807) is 19.9 Å². The van der Waals surface area contributed by atoms with Gasteiger partial charge in [-0.1, -0.05) is 11.6 Å². The van der Waals surface area contributed by atoms with Crippen LogP contribution in [0, 0.1) is 62.1 Å². The first-order chi connectivity index (χ1) is 9.80. The molecule has 1 aliphatic carbocycles. The summed E-state index contributed by atoms with van der Waals surface area (Å²) >= 11 is 0. The number of carbonyl (C=O) groups excluding carboxylic acids is 1. The second-order valence-electron chi connectivity index (χ2n) is 5.75. The third kappa shape index (κ3) is 1.25. The molecule has 0 saturated carbocycles. The van der Waals surface area contributed by atoms with E-state index in [-0.39, 0.29) is 12.3 Å². The Labute approximate surface area is 123 Å². The zero-order chi connectivity index (χ0) is 16.1. The summed E-state index contributed by atoms with van der Waals surface area (Å²) < 4.78 is 0. The Morgan fingerprint density at radius 1 is 1.19 bits per heavy atom. The van der Waals surface area contributed by atoms with E-state index in [4.69, 9.17) is 0 Å². The fourth-order valence-corrected chi connectivity index (χ4v) is 3.66. The molecule has 2 atom stereocenters. The monoisotopic (exact) mass is 279 g/mol. The van der Waals surface area contributed by atoms with Crippen LogP contribution in [0.4, 0.5) is 0 Å². The topological polar surface area (TPSA) is 115 Å². The van der Waals surface area contributed by atoms with Gasteiger partial charge in [-0.3, -0.25) is 4.79 Å². The van der Waals surface area contributed by atoms with Crippen molar-refractivity contribution in [1.82, 2.24) is 4.90 Å². The van der Waals surface area contributed by atoms with E-state index in [1.165, 1.54) is 11.9 Å². The lowest BCUT2D eigenvalue weighted by atomic mass is 9.48. The molecule has 0 aromatic rings. The van der Waals surface area contributed by atoms with Gasteiger partial charge < -0.3 is 4.90 Å². The molecule has 6 nitrogen and oxygen atoms in total. The van der Waals surface area contributed by atoms with Crippen molar-refractivity contribution in [2.45, 2.75) is 25.8 Å². The number of rotatable bonds is 0. The molecule has 0 aromatic heterocycles. The minimum atomic E-state index is -1.94. The highest BCUT2D eigenvalue weighted by atomic mass is 16.2. The second-order valence-corrected chi connectivity index (χ2v) is 5.75. The molecule has 1 fully saturated rings. The van der Waals surface area contributed by atoms with E-state index < -0.39 is 22.3 Å². The molecular weight excluding hydrogens is 266 g/mol. The van der Waals surface area contributed by atoms with Crippen molar-refractivity contribution in [3.05, 3.63) is 11.6 Å². The van der Waals surface area contributed by atoms with Gasteiger partial charge in [0.1, 0.15) is 0 Å². The molecule has 1 saturated heterocycles. The lowest BCUT2D eigenvalue weighted by molar-refractivity contribution is -0.134. The first-order valence-corrected chi connectivity index (χ1v) is 6.41. The molecule has 6 heteroatoms. The van der Waals surface area contributed by atoms with Crippen LogP contribution < -0.4 is 0 Å². The van der Waals surface area contributed by atoms with Crippen molar-refractivity contribution in [3.8, 4) is 24.3 Å². The highest BCUT2D eigenvalue weighted by Gasteiger charge is 2.73. The third-order valence-electron chi connectivity index (χ3n) is 5.07. The van der Waals surface area contributed by atoms with Crippen LogP contribution >= 0.6 is 0 Å². The highest BCUT2D eigenvalue weighted by Crippen LogP contribution is 2.61. The summed E-state index contributed by atoms with van der Waals surface area (Å²) in [5.41, 5.74) is -4.44. The van der Waals surface area contributed by atoms with Gasteiger partial charge in [-0.2, -0.15) is 21.0 Å². The van der Waals surface area contributed by atoms with Crippen molar-refractivity contribution in [2.75, 3.05) is 7.05 Å². The predicted octanol–water partition coefficient (Wildman–Crippen LogP) is 1.25. The molecule has 21 heavy (non-hydrogen) atoms. The van der Waals surface area contributed by atoms with Gasteiger partial charge in [-0.15, -0.1) is 0 Å². The Kier molecular flexibility index (Phi) is 2.83. The maximum atomic E-state index is 12.3. The Morgan fingerprint density at radius 3 is 2.14 bits per heavy atom. The maximum Gasteiger partial charge on any atom is 0.223 e. The van der Waals surface area contributed by atoms with Gasteiger partial charge in [0.25, 0.3) is 0 Å². The summed E-state index contributed by atoms with van der Waals surface area (Å²) in [4.78, 5) is 13.6. The van der Waals surface area contributed by atoms with E-state index >= 15 is 0 Å². The molecule has 2 heterocycles. The number of carbonyl (C=O) groups is 1. The molecule has 3 rings (SSSR count). The molecule has 0 radical (unpaired) electrons. The second kappa shape index (κ2) is 4.08. The number of hydrogen-bond acceptors (Lipinski definition) is 5. The normalized spacial score (nSPS) is 32.0. The molecule has 2 bridgehead atoms. The minimum Gasteiger partial charge on any atom is -0.334 e. The molecule has 0 unspecified atom stereocenters. The molecule has 0 aromatic carbocycles. The van der Waals surface area contributed by atoms with E-state index in [1.807, 2.05) is 24.3 Å². The molecule has 104 valence electrons. The first kappa shape index (κ1) is 14.6. The zero-order valence-corrected chi connectivity index (χ0v) is 12.0. The average molecular weight is 279 g/mol. The number of allylic oxidation sites excluding steroid dienone is 1. The van der Waals surface area contributed by atoms with Gasteiger partial charge in [-0.25, -0.2) is 0 Å². The van der Waals surface area contributed by atoms with Crippen molar-refractivity contribution in [1.29, 1.82) is 21.0 Å². The summed E-state index contributed by atoms with van der Waals surface area (Å²) in [7, 11) is 1.50. The average Bonchev–Trinajstić information content (AvgIpc) is 2.59. The Morgan fingerprint density at radius 2 is 1.71 bits per heavy atom. The smallest absolute Gasteiger partial charge is 0.223 e. The molecule has 0 N–H and O–H groups in total. The fraction of sp³-hybridized carbons (Fsp3) is 0.533. The minimum absolute atomic E-state index is 0.0549. The molecule has 2 aliphatic heterocycles. The largest absolute Gasteiger partial charge is 0.334 e. The van der Waals surface area contributed by atoms with E-state index in [2.05, 4.69) is 0 Å². The predicted molar refractivity (Wildman–Crippen MR) is 70.4 cm³/mol. The van der Waals surface area contributed by atoms with E-state index in [0.717, 1.165) is 0 Å². The van der Waals surface area contributed by atoms with Crippen molar-refractivity contribution < 1.29 is 4.79 Å². The number of likely N-dealkylation sites (N-methyl/N-ethyl adjacent to an activating group) is 1. The SMILES string of the molecule is CC1=C[C@]2(C)N(C)C(=O)C[C@@H]1C(C#N)(C#N)C2(C#N)C#N. The zero-order valence-electron chi connectivity index (χ0n) is 12.0. The summed E-state index contributed by atoms with van der Waals surface area (Å²) in [5, 5.41) is 38.7. The summed E-state index contributed by atoms with van der Waals surface area (Å²) in [6, 6.07) is 7.60. The maximum absolute atomic E-state index is 12.3. The lowest BCUT2D eigenvalue weighted by Crippen LogP contribution is -2.63. The lowest BCUT2D eigenvalue weighted by Gasteiger charge is -2.50. The van der Waals surface area contributed by atoms with Crippen LogP contribution in [-0.2, 0) is 4.79 Å². The van der Waals surface area contributed by atoms with Gasteiger partial charge in [0.15, 0.2) is 5.41 Å². The van der Waals surface area contributed by atoms with Crippen LogP contribution in [-0.4, -0.2) is 23.4 Å². The van der Waals surface area contributed by atoms with Gasteiger partial charge in [0, 0.05) is 19.4 Å². The summed E-state index contributed by atoms with van der Waals surface area (Å²) in [5.74, 6) is -1.03. The molecule has 3 aliphatic rings. The summed E-state index contributed by atoms with van der Waals surface area (Å²) in [6.07, 6.45) is 1.63. The van der Waals surface area contributed by atoms with Crippen molar-refractivity contribution >= 4 is 5.91 Å². The standard InChI is InChI=1S/C15H13N5O/c1-10-5-13(2)15(8-18,9-19)14(6-16,7-17)11(10)4-12(21)20(13)3/h5,11H,4H2,1-3H3/t11-,13-/m0/s1. The number of fused-ring (bicyclic) bond motifs is 3. The third-order valence-corrected chi connectivity index (χ3v) is 5.07. The Hall–Kier alpha value is -2.83. The number of hydrogen-bond donors (Lipinski definition) is 0. The van der Waals surface area contributed by atoms with Gasteiger partial charge in [-0.05, 0) is 13.8 Å². The van der Waals surface area contributed by atoms with Crippen LogP contribution in [0.15, 0.2) is 11.6 Å². The number of amides is 1. The van der Waals surface area contributed by atoms with Crippen LogP contribution in [0.25, 0.3) is 0 Å². The first-order valence-electron chi connectivity index (χ1n) is 6.41. The molecule has 1 amide bonds. The Bertz CT molecular complexity index is 695. The number of nitrogens with zero attached hydrogens (tertiary/aromatic N) is 5. The van der Waals surface area contributed by atoms with Gasteiger partial charge >= 0.3 is 0 Å². The quantitative estimate of drug-likeness (QED) is 0.619. The van der Waals surface area contributed by atoms with Crippen LogP contribution in [0.3, 0.4) is 0 Å². The highest BCUT2D eigenvalue weighted by molar-refractivity contribution is 5.81. The Balaban J connectivity index is 3.03. The summed E-state index contributed by atoms with van der Waals surface area (Å²) in [6.45, 7) is 3.29. The molecular formula is C15H13N5O. The van der Waals surface area contributed by atoms with Crippen LogP contribution in [0.5, 0.6) is 0 Å². The molecule has 0 spiro atoms.